The number of amides is 4. The van der Waals surface area contributed by atoms with Crippen LogP contribution in [0.4, 0.5) is 10.7 Å². The van der Waals surface area contributed by atoms with Crippen molar-refractivity contribution in [3.05, 3.63) is 81.7 Å². The second-order valence-corrected chi connectivity index (χ2v) is 8.06. The lowest BCUT2D eigenvalue weighted by atomic mass is 10.1. The summed E-state index contributed by atoms with van der Waals surface area (Å²) < 4.78 is 5.02. The molecule has 166 valence electrons. The Labute approximate surface area is 191 Å². The summed E-state index contributed by atoms with van der Waals surface area (Å²) in [6, 6.07) is 12.5. The summed E-state index contributed by atoms with van der Waals surface area (Å²) in [6.07, 6.45) is 0. The van der Waals surface area contributed by atoms with Crippen molar-refractivity contribution in [1.29, 1.82) is 0 Å². The smallest absolute Gasteiger partial charge is 0.338 e. The first kappa shape index (κ1) is 21.9. The molecule has 0 aliphatic carbocycles. The van der Waals surface area contributed by atoms with Gasteiger partial charge in [0, 0.05) is 0 Å². The number of fused-ring (bicyclic) bond motifs is 1. The zero-order chi connectivity index (χ0) is 23.7. The van der Waals surface area contributed by atoms with Crippen LogP contribution in [0.1, 0.15) is 47.0 Å². The number of carbonyl (C=O) groups excluding carboxylic acids is 5. The Balaban J connectivity index is 1.46. The van der Waals surface area contributed by atoms with E-state index in [0.717, 1.165) is 21.8 Å². The molecule has 0 bridgehead atoms. The average Bonchev–Trinajstić information content (AvgIpc) is 3.35. The van der Waals surface area contributed by atoms with Crippen molar-refractivity contribution in [2.75, 3.05) is 16.8 Å². The van der Waals surface area contributed by atoms with Gasteiger partial charge in [-0.1, -0.05) is 18.2 Å². The first-order chi connectivity index (χ1) is 15.8. The third kappa shape index (κ3) is 4.11. The molecule has 0 saturated carbocycles. The number of primary amides is 1. The van der Waals surface area contributed by atoms with Crippen molar-refractivity contribution in [1.82, 2.24) is 0 Å². The van der Waals surface area contributed by atoms with Crippen molar-refractivity contribution in [2.45, 2.75) is 6.92 Å². The summed E-state index contributed by atoms with van der Waals surface area (Å²) in [6.45, 7) is 1.17. The van der Waals surface area contributed by atoms with Gasteiger partial charge in [-0.3, -0.25) is 19.2 Å². The molecule has 4 amide bonds. The van der Waals surface area contributed by atoms with E-state index in [1.807, 2.05) is 0 Å². The number of rotatable bonds is 6. The Morgan fingerprint density at radius 2 is 1.76 bits per heavy atom. The summed E-state index contributed by atoms with van der Waals surface area (Å²) in [5.41, 5.74) is 6.87. The van der Waals surface area contributed by atoms with Crippen molar-refractivity contribution >= 4 is 51.6 Å². The Hall–Kier alpha value is -4.31. The molecule has 1 aromatic heterocycles. The third-order valence-electron chi connectivity index (χ3n) is 5.00. The lowest BCUT2D eigenvalue weighted by molar-refractivity contribution is -0.119. The quantitative estimate of drug-likeness (QED) is 0.426. The minimum Gasteiger partial charge on any atom is -0.452 e. The lowest BCUT2D eigenvalue weighted by Crippen LogP contribution is -2.29. The number of hydrogen-bond donors (Lipinski definition) is 2. The predicted octanol–water partition coefficient (Wildman–Crippen LogP) is 2.75. The van der Waals surface area contributed by atoms with Gasteiger partial charge in [0.25, 0.3) is 23.6 Å². The van der Waals surface area contributed by atoms with Crippen LogP contribution >= 0.6 is 11.3 Å². The average molecular weight is 463 g/mol. The van der Waals surface area contributed by atoms with Gasteiger partial charge in [0.05, 0.1) is 27.9 Å². The van der Waals surface area contributed by atoms with E-state index in [-0.39, 0.29) is 27.3 Å². The number of carbonyl (C=O) groups is 5. The van der Waals surface area contributed by atoms with Crippen LogP contribution in [0.15, 0.2) is 53.9 Å². The minimum atomic E-state index is -0.844. The van der Waals surface area contributed by atoms with Crippen molar-refractivity contribution < 1.29 is 28.7 Å². The molecule has 2 heterocycles. The molecule has 9 nitrogen and oxygen atoms in total. The van der Waals surface area contributed by atoms with Gasteiger partial charge in [0.2, 0.25) is 0 Å². The molecule has 10 heteroatoms. The standard InChI is InChI=1S/C23H17N3O6S/c1-12-4-2-3-5-17(12)26-21(29)14-7-6-13(10-16(14)22(26)30)23(31)32-11-18(27)25-20-15(19(24)28)8-9-33-20/h2-10H,11H2,1H3,(H2,24,28)(H,25,27). The highest BCUT2D eigenvalue weighted by molar-refractivity contribution is 7.14. The molecule has 0 radical (unpaired) electrons. The monoisotopic (exact) mass is 463 g/mol. The summed E-state index contributed by atoms with van der Waals surface area (Å²) in [5, 5.41) is 4.30. The molecule has 0 saturated heterocycles. The number of para-hydroxylation sites is 1. The zero-order valence-corrected chi connectivity index (χ0v) is 18.1. The van der Waals surface area contributed by atoms with Crippen LogP contribution in [0, 0.1) is 6.92 Å². The molecule has 0 atom stereocenters. The number of imide groups is 1. The number of hydrogen-bond acceptors (Lipinski definition) is 7. The van der Waals surface area contributed by atoms with Crippen molar-refractivity contribution in [3.8, 4) is 0 Å². The number of esters is 1. The largest absolute Gasteiger partial charge is 0.452 e. The van der Waals surface area contributed by atoms with Gasteiger partial charge in [-0.2, -0.15) is 0 Å². The van der Waals surface area contributed by atoms with Gasteiger partial charge in [-0.25, -0.2) is 9.69 Å². The maximum atomic E-state index is 12.9. The maximum Gasteiger partial charge on any atom is 0.338 e. The Kier molecular flexibility index (Phi) is 5.76. The fraction of sp³-hybridized carbons (Fsp3) is 0.0870. The first-order valence-electron chi connectivity index (χ1n) is 9.70. The summed E-state index contributed by atoms with van der Waals surface area (Å²) in [4.78, 5) is 62.6. The molecule has 0 fully saturated rings. The van der Waals surface area contributed by atoms with Gasteiger partial charge < -0.3 is 15.8 Å². The van der Waals surface area contributed by atoms with Gasteiger partial charge in [-0.15, -0.1) is 11.3 Å². The molecular formula is C23H17N3O6S. The van der Waals surface area contributed by atoms with Crippen LogP contribution < -0.4 is 16.0 Å². The molecular weight excluding hydrogens is 446 g/mol. The van der Waals surface area contributed by atoms with E-state index in [0.29, 0.717) is 5.69 Å². The second-order valence-electron chi connectivity index (χ2n) is 7.14. The highest BCUT2D eigenvalue weighted by Crippen LogP contribution is 2.31. The summed E-state index contributed by atoms with van der Waals surface area (Å²) >= 11 is 1.10. The lowest BCUT2D eigenvalue weighted by Gasteiger charge is -2.16. The maximum absolute atomic E-state index is 12.9. The van der Waals surface area contributed by atoms with Crippen LogP contribution in [-0.4, -0.2) is 36.2 Å². The highest BCUT2D eigenvalue weighted by atomic mass is 32.1. The van der Waals surface area contributed by atoms with Crippen LogP contribution in [0.2, 0.25) is 0 Å². The van der Waals surface area contributed by atoms with Crippen molar-refractivity contribution in [3.63, 3.8) is 0 Å². The number of ether oxygens (including phenoxy) is 1. The topological polar surface area (TPSA) is 136 Å². The predicted molar refractivity (Wildman–Crippen MR) is 121 cm³/mol. The fourth-order valence-electron chi connectivity index (χ4n) is 3.38. The van der Waals surface area contributed by atoms with Crippen LogP contribution in [0.3, 0.4) is 0 Å². The van der Waals surface area contributed by atoms with E-state index in [2.05, 4.69) is 5.32 Å². The van der Waals surface area contributed by atoms with Crippen LogP contribution in [0.25, 0.3) is 0 Å². The first-order valence-corrected chi connectivity index (χ1v) is 10.6. The van der Waals surface area contributed by atoms with Gasteiger partial charge >= 0.3 is 5.97 Å². The van der Waals surface area contributed by atoms with E-state index in [1.54, 1.807) is 36.6 Å². The number of nitrogens with two attached hydrogens (primary N) is 1. The number of thiophene rings is 1. The minimum absolute atomic E-state index is 0.0169. The van der Waals surface area contributed by atoms with Crippen molar-refractivity contribution in [2.24, 2.45) is 5.73 Å². The van der Waals surface area contributed by atoms with Crippen LogP contribution in [0.5, 0.6) is 0 Å². The Morgan fingerprint density at radius 1 is 1.03 bits per heavy atom. The molecule has 3 aromatic rings. The molecule has 1 aliphatic rings. The van der Waals surface area contributed by atoms with E-state index >= 15 is 0 Å². The SMILES string of the molecule is Cc1ccccc1N1C(=O)c2ccc(C(=O)OCC(=O)Nc3sccc3C(N)=O)cc2C1=O. The molecule has 2 aromatic carbocycles. The third-order valence-corrected chi connectivity index (χ3v) is 5.83. The van der Waals surface area contributed by atoms with E-state index in [9.17, 15) is 24.0 Å². The number of aryl methyl sites for hydroxylation is 1. The van der Waals surface area contributed by atoms with Gasteiger partial charge in [0.1, 0.15) is 5.00 Å². The highest BCUT2D eigenvalue weighted by Gasteiger charge is 2.37. The van der Waals surface area contributed by atoms with E-state index < -0.39 is 36.2 Å². The molecule has 33 heavy (non-hydrogen) atoms. The number of nitrogens with zero attached hydrogens (tertiary/aromatic N) is 1. The molecule has 0 spiro atoms. The molecule has 1 aliphatic heterocycles. The summed E-state index contributed by atoms with van der Waals surface area (Å²) in [5.74, 6) is -3.23. The number of nitrogens with one attached hydrogen (secondary N) is 1. The normalized spacial score (nSPS) is 12.5. The Morgan fingerprint density at radius 3 is 2.48 bits per heavy atom. The second kappa shape index (κ2) is 8.67. The molecule has 4 rings (SSSR count). The van der Waals surface area contributed by atoms with Gasteiger partial charge in [0.15, 0.2) is 6.61 Å². The molecule has 0 unspecified atom stereocenters. The summed E-state index contributed by atoms with van der Waals surface area (Å²) in [7, 11) is 0. The fourth-order valence-corrected chi connectivity index (χ4v) is 4.19. The van der Waals surface area contributed by atoms with Crippen LogP contribution in [-0.2, 0) is 9.53 Å². The van der Waals surface area contributed by atoms with Gasteiger partial charge in [-0.05, 0) is 48.2 Å². The Bertz CT molecular complexity index is 1330. The van der Waals surface area contributed by atoms with E-state index in [1.165, 1.54) is 24.3 Å². The molecule has 3 N–H and O–H groups in total. The number of anilines is 2. The van der Waals surface area contributed by atoms with E-state index in [4.69, 9.17) is 10.5 Å². The number of benzene rings is 2. The zero-order valence-electron chi connectivity index (χ0n) is 17.3.